The van der Waals surface area contributed by atoms with Crippen molar-refractivity contribution in [1.29, 1.82) is 0 Å². The van der Waals surface area contributed by atoms with Crippen LogP contribution < -0.4 is 20.3 Å². The Hall–Kier alpha value is -3.54. The summed E-state index contributed by atoms with van der Waals surface area (Å²) in [5.41, 5.74) is 0.107. The van der Waals surface area contributed by atoms with Gasteiger partial charge in [-0.1, -0.05) is 18.6 Å². The first-order valence-corrected chi connectivity index (χ1v) is 12.7. The van der Waals surface area contributed by atoms with Crippen molar-refractivity contribution in [3.8, 4) is 22.9 Å². The normalized spacial score (nSPS) is 14.7. The summed E-state index contributed by atoms with van der Waals surface area (Å²) in [6.45, 7) is 6.78. The van der Waals surface area contributed by atoms with Crippen LogP contribution in [0.4, 0.5) is 13.2 Å². The van der Waals surface area contributed by atoms with Crippen LogP contribution in [0.3, 0.4) is 0 Å². The number of fused-ring (bicyclic) bond motifs is 1. The first kappa shape index (κ1) is 27.5. The van der Waals surface area contributed by atoms with E-state index in [9.17, 15) is 22.8 Å². The Bertz CT molecular complexity index is 1310. The zero-order chi connectivity index (χ0) is 27.3. The van der Waals surface area contributed by atoms with Crippen molar-refractivity contribution in [1.82, 2.24) is 24.4 Å². The van der Waals surface area contributed by atoms with Gasteiger partial charge in [-0.05, 0) is 58.3 Å². The van der Waals surface area contributed by atoms with Crippen LogP contribution in [0.15, 0.2) is 41.3 Å². The SMILES string of the molecule is CC(C)NC(=O)Cn1c(-c2cccc(OC(F)(F)F)c2)cn2nc(OCCCN3CCCCC3)cc2c1=O. The minimum absolute atomic E-state index is 0.159. The number of nitrogens with zero attached hydrogens (tertiary/aromatic N) is 4. The number of piperidine rings is 1. The number of aromatic nitrogens is 3. The number of hydrogen-bond donors (Lipinski definition) is 1. The third-order valence-corrected chi connectivity index (χ3v) is 6.15. The number of amides is 1. The van der Waals surface area contributed by atoms with Crippen LogP contribution >= 0.6 is 0 Å². The maximum absolute atomic E-state index is 13.5. The molecular weight excluding hydrogens is 503 g/mol. The molecule has 1 aliphatic heterocycles. The number of halogens is 3. The van der Waals surface area contributed by atoms with Gasteiger partial charge in [-0.25, -0.2) is 4.52 Å². The van der Waals surface area contributed by atoms with Crippen molar-refractivity contribution in [3.63, 3.8) is 0 Å². The molecular formula is C26H32F3N5O4. The van der Waals surface area contributed by atoms with E-state index in [1.807, 2.05) is 0 Å². The second-order valence-corrected chi connectivity index (χ2v) is 9.62. The average Bonchev–Trinajstić information content (AvgIpc) is 3.26. The second kappa shape index (κ2) is 11.9. The highest BCUT2D eigenvalue weighted by Crippen LogP contribution is 2.28. The number of carbonyl (C=O) groups excluding carboxylic acids is 1. The summed E-state index contributed by atoms with van der Waals surface area (Å²) in [6.07, 6.45) is 1.12. The van der Waals surface area contributed by atoms with Crippen molar-refractivity contribution in [2.75, 3.05) is 26.2 Å². The van der Waals surface area contributed by atoms with E-state index >= 15 is 0 Å². The maximum Gasteiger partial charge on any atom is 0.573 e. The van der Waals surface area contributed by atoms with Crippen molar-refractivity contribution in [2.24, 2.45) is 0 Å². The van der Waals surface area contributed by atoms with Crippen LogP contribution in [0.2, 0.25) is 0 Å². The fraction of sp³-hybridized carbons (Fsp3) is 0.500. The Morgan fingerprint density at radius 3 is 2.63 bits per heavy atom. The highest BCUT2D eigenvalue weighted by Gasteiger charge is 2.31. The lowest BCUT2D eigenvalue weighted by molar-refractivity contribution is -0.274. The molecule has 0 radical (unpaired) electrons. The molecule has 0 unspecified atom stereocenters. The number of hydrogen-bond acceptors (Lipinski definition) is 6. The Morgan fingerprint density at radius 1 is 1.16 bits per heavy atom. The molecule has 4 rings (SSSR count). The summed E-state index contributed by atoms with van der Waals surface area (Å²) in [5.74, 6) is -0.603. The number of likely N-dealkylation sites (tertiary alicyclic amines) is 1. The largest absolute Gasteiger partial charge is 0.573 e. The molecule has 2 aromatic heterocycles. The monoisotopic (exact) mass is 535 g/mol. The van der Waals surface area contributed by atoms with Gasteiger partial charge in [0.15, 0.2) is 0 Å². The van der Waals surface area contributed by atoms with Crippen molar-refractivity contribution in [2.45, 2.75) is 58.5 Å². The molecule has 0 atom stereocenters. The minimum Gasteiger partial charge on any atom is -0.477 e. The molecule has 0 bridgehead atoms. The van der Waals surface area contributed by atoms with Gasteiger partial charge in [0.05, 0.1) is 18.5 Å². The summed E-state index contributed by atoms with van der Waals surface area (Å²) in [7, 11) is 0. The van der Waals surface area contributed by atoms with Gasteiger partial charge in [0.25, 0.3) is 5.56 Å². The van der Waals surface area contributed by atoms with Gasteiger partial charge in [-0.3, -0.25) is 14.2 Å². The number of rotatable bonds is 10. The molecule has 0 aliphatic carbocycles. The van der Waals surface area contributed by atoms with E-state index in [4.69, 9.17) is 4.74 Å². The third-order valence-electron chi connectivity index (χ3n) is 6.15. The summed E-state index contributed by atoms with van der Waals surface area (Å²) in [4.78, 5) is 28.4. The molecule has 3 aromatic rings. The topological polar surface area (TPSA) is 90.1 Å². The van der Waals surface area contributed by atoms with Crippen LogP contribution in [-0.4, -0.2) is 63.6 Å². The first-order valence-electron chi connectivity index (χ1n) is 12.7. The number of benzene rings is 1. The maximum atomic E-state index is 13.5. The highest BCUT2D eigenvalue weighted by atomic mass is 19.4. The van der Waals surface area contributed by atoms with Gasteiger partial charge >= 0.3 is 6.36 Å². The summed E-state index contributed by atoms with van der Waals surface area (Å²) < 4.78 is 50.8. The van der Waals surface area contributed by atoms with Gasteiger partial charge in [0, 0.05) is 24.2 Å². The molecule has 206 valence electrons. The van der Waals surface area contributed by atoms with Crippen LogP contribution in [-0.2, 0) is 11.3 Å². The highest BCUT2D eigenvalue weighted by molar-refractivity contribution is 5.77. The molecule has 0 spiro atoms. The second-order valence-electron chi connectivity index (χ2n) is 9.62. The number of ether oxygens (including phenoxy) is 2. The summed E-state index contributed by atoms with van der Waals surface area (Å²) in [5, 5.41) is 7.08. The lowest BCUT2D eigenvalue weighted by atomic mass is 10.1. The van der Waals surface area contributed by atoms with Crippen molar-refractivity contribution in [3.05, 3.63) is 46.9 Å². The molecule has 0 saturated carbocycles. The van der Waals surface area contributed by atoms with Crippen LogP contribution in [0, 0.1) is 0 Å². The molecule has 1 fully saturated rings. The van der Waals surface area contributed by atoms with E-state index in [1.165, 1.54) is 52.7 Å². The molecule has 9 nitrogen and oxygen atoms in total. The van der Waals surface area contributed by atoms with Crippen molar-refractivity contribution >= 4 is 11.4 Å². The Kier molecular flexibility index (Phi) is 8.60. The standard InChI is InChI=1S/C26H32F3N5O4/c1-18(2)30-23(35)17-33-22(19-8-6-9-20(14-19)38-26(27,28)29)16-34-21(25(33)36)15-24(31-34)37-13-7-12-32-10-4-3-5-11-32/h6,8-9,14-16,18H,3-5,7,10-13,17H2,1-2H3,(H,30,35). The molecule has 1 aliphatic rings. The van der Waals surface area contributed by atoms with E-state index in [0.717, 1.165) is 38.2 Å². The predicted octanol–water partition coefficient (Wildman–Crippen LogP) is 3.84. The Morgan fingerprint density at radius 2 is 1.92 bits per heavy atom. The fourth-order valence-electron chi connectivity index (χ4n) is 4.53. The summed E-state index contributed by atoms with van der Waals surface area (Å²) in [6, 6.07) is 6.58. The average molecular weight is 536 g/mol. The van der Waals surface area contributed by atoms with Gasteiger partial charge in [0.2, 0.25) is 11.8 Å². The van der Waals surface area contributed by atoms with E-state index in [0.29, 0.717) is 6.61 Å². The fourth-order valence-corrected chi connectivity index (χ4v) is 4.53. The van der Waals surface area contributed by atoms with E-state index in [2.05, 4.69) is 20.1 Å². The van der Waals surface area contributed by atoms with Gasteiger partial charge < -0.3 is 19.7 Å². The zero-order valence-electron chi connectivity index (χ0n) is 21.5. The quantitative estimate of drug-likeness (QED) is 0.397. The molecule has 1 N–H and O–H groups in total. The smallest absolute Gasteiger partial charge is 0.477 e. The predicted molar refractivity (Wildman–Crippen MR) is 135 cm³/mol. The van der Waals surface area contributed by atoms with E-state index in [1.54, 1.807) is 13.8 Å². The molecule has 1 saturated heterocycles. The number of alkyl halides is 3. The zero-order valence-corrected chi connectivity index (χ0v) is 21.5. The van der Waals surface area contributed by atoms with Crippen molar-refractivity contribution < 1.29 is 27.4 Å². The van der Waals surface area contributed by atoms with E-state index < -0.39 is 23.6 Å². The summed E-state index contributed by atoms with van der Waals surface area (Å²) >= 11 is 0. The number of carbonyl (C=O) groups is 1. The van der Waals surface area contributed by atoms with Crippen LogP contribution in [0.5, 0.6) is 11.6 Å². The lowest BCUT2D eigenvalue weighted by Gasteiger charge is -2.26. The van der Waals surface area contributed by atoms with Gasteiger partial charge in [-0.2, -0.15) is 0 Å². The Labute approximate surface area is 218 Å². The number of nitrogens with one attached hydrogen (secondary N) is 1. The Balaban J connectivity index is 1.62. The molecule has 1 aromatic carbocycles. The lowest BCUT2D eigenvalue weighted by Crippen LogP contribution is -2.37. The molecule has 12 heteroatoms. The van der Waals surface area contributed by atoms with Gasteiger partial charge in [-0.15, -0.1) is 18.3 Å². The molecule has 1 amide bonds. The van der Waals surface area contributed by atoms with E-state index in [-0.39, 0.29) is 35.2 Å². The molecule has 3 heterocycles. The molecule has 38 heavy (non-hydrogen) atoms. The van der Waals surface area contributed by atoms with Crippen LogP contribution in [0.1, 0.15) is 39.5 Å². The third kappa shape index (κ3) is 7.27. The van der Waals surface area contributed by atoms with Gasteiger partial charge in [0.1, 0.15) is 17.8 Å². The van der Waals surface area contributed by atoms with Crippen LogP contribution in [0.25, 0.3) is 16.8 Å². The minimum atomic E-state index is -4.87. The first-order chi connectivity index (χ1) is 18.1.